The van der Waals surface area contributed by atoms with Crippen LogP contribution in [0, 0.1) is 17.8 Å². The standard InChI is InChI=1S/C35H52N4O8/c1-6-44-33(45-7-2)28-21-36-38-39(28)30-20-27(37-47-34(3,4)5)25-18-22(12-8-10-16-40)24(13-9-11-17-41)31-26-19-23(42)14-15-29(26)46-35(30,43)32(25)31/h14-15,18-19,21-22,24,30-33,40-43H,6-13,16-17,20H2,1-5H3. The number of hydrogen-bond donors (Lipinski definition) is 4. The summed E-state index contributed by atoms with van der Waals surface area (Å²) in [5, 5.41) is 56.5. The molecule has 2 aromatic rings. The molecule has 6 unspecified atom stereocenters. The fourth-order valence-corrected chi connectivity index (χ4v) is 7.58. The van der Waals surface area contributed by atoms with Crippen molar-refractivity contribution in [2.75, 3.05) is 26.4 Å². The van der Waals surface area contributed by atoms with Gasteiger partial charge in [-0.25, -0.2) is 4.68 Å². The minimum atomic E-state index is -1.79. The largest absolute Gasteiger partial charge is 0.508 e. The number of aromatic nitrogens is 3. The summed E-state index contributed by atoms with van der Waals surface area (Å²) in [7, 11) is 0. The van der Waals surface area contributed by atoms with Gasteiger partial charge in [-0.1, -0.05) is 29.3 Å². The summed E-state index contributed by atoms with van der Waals surface area (Å²) in [6.07, 6.45) is 7.90. The molecule has 1 aromatic carbocycles. The second kappa shape index (κ2) is 15.0. The van der Waals surface area contributed by atoms with Crippen LogP contribution in [0.4, 0.5) is 0 Å². The molecule has 0 amide bonds. The quantitative estimate of drug-likeness (QED) is 0.115. The average Bonchev–Trinajstić information content (AvgIpc) is 3.51. The van der Waals surface area contributed by atoms with Crippen LogP contribution >= 0.6 is 0 Å². The average molecular weight is 657 g/mol. The molecule has 1 fully saturated rings. The van der Waals surface area contributed by atoms with E-state index in [0.29, 0.717) is 43.2 Å². The molecular weight excluding hydrogens is 604 g/mol. The molecule has 0 radical (unpaired) electrons. The number of benzene rings is 1. The highest BCUT2D eigenvalue weighted by Gasteiger charge is 2.63. The molecule has 1 aromatic heterocycles. The van der Waals surface area contributed by atoms with E-state index in [4.69, 9.17) is 24.2 Å². The van der Waals surface area contributed by atoms with E-state index in [-0.39, 0.29) is 43.1 Å². The Hall–Kier alpha value is -3.03. The maximum absolute atomic E-state index is 13.1. The maximum atomic E-state index is 13.1. The first-order chi connectivity index (χ1) is 22.6. The van der Waals surface area contributed by atoms with E-state index in [2.05, 4.69) is 16.4 Å². The van der Waals surface area contributed by atoms with E-state index in [1.165, 1.54) is 0 Å². The predicted molar refractivity (Wildman–Crippen MR) is 175 cm³/mol. The number of fused-ring (bicyclic) bond motifs is 2. The highest BCUT2D eigenvalue weighted by atomic mass is 16.7. The zero-order chi connectivity index (χ0) is 33.8. The second-order valence-electron chi connectivity index (χ2n) is 13.8. The van der Waals surface area contributed by atoms with Crippen molar-refractivity contribution >= 4 is 5.71 Å². The van der Waals surface area contributed by atoms with Crippen LogP contribution in [0.1, 0.15) is 109 Å². The number of unbranched alkanes of at least 4 members (excludes halogenated alkanes) is 2. The molecule has 4 N–H and O–H groups in total. The number of oxime groups is 1. The molecule has 2 heterocycles. The van der Waals surface area contributed by atoms with Crippen LogP contribution in [-0.2, 0) is 14.3 Å². The maximum Gasteiger partial charge on any atom is 0.238 e. The molecule has 2 aliphatic carbocycles. The Balaban J connectivity index is 1.73. The van der Waals surface area contributed by atoms with E-state index in [1.54, 1.807) is 29.1 Å². The summed E-state index contributed by atoms with van der Waals surface area (Å²) in [5.74, 6) is -1.90. The van der Waals surface area contributed by atoms with Gasteiger partial charge < -0.3 is 39.5 Å². The lowest BCUT2D eigenvalue weighted by Crippen LogP contribution is -2.62. The smallest absolute Gasteiger partial charge is 0.238 e. The highest BCUT2D eigenvalue weighted by Crippen LogP contribution is 2.62. The zero-order valence-corrected chi connectivity index (χ0v) is 28.3. The molecule has 3 aliphatic rings. The number of hydrogen-bond acceptors (Lipinski definition) is 11. The van der Waals surface area contributed by atoms with Crippen LogP contribution in [0.25, 0.3) is 0 Å². The molecular formula is C35H52N4O8. The number of phenolic OH excluding ortho intramolecular Hbond substituents is 1. The number of allylic oxidation sites excluding steroid dienone is 1. The van der Waals surface area contributed by atoms with Crippen LogP contribution in [0.15, 0.2) is 41.2 Å². The van der Waals surface area contributed by atoms with E-state index in [9.17, 15) is 20.4 Å². The minimum Gasteiger partial charge on any atom is -0.508 e. The topological polar surface area (TPSA) is 161 Å². The summed E-state index contributed by atoms with van der Waals surface area (Å²) < 4.78 is 20.2. The van der Waals surface area contributed by atoms with Gasteiger partial charge in [0.05, 0.1) is 17.8 Å². The Kier molecular flexibility index (Phi) is 11.3. The molecule has 12 heteroatoms. The summed E-state index contributed by atoms with van der Waals surface area (Å²) in [5.41, 5.74) is 2.34. The van der Waals surface area contributed by atoms with Crippen LogP contribution in [0.3, 0.4) is 0 Å². The van der Waals surface area contributed by atoms with Gasteiger partial charge in [0.25, 0.3) is 0 Å². The Labute approximate surface area is 277 Å². The molecule has 6 atom stereocenters. The van der Waals surface area contributed by atoms with Crippen LogP contribution in [-0.4, -0.2) is 78.9 Å². The van der Waals surface area contributed by atoms with Crippen molar-refractivity contribution in [2.24, 2.45) is 22.9 Å². The first kappa shape index (κ1) is 35.3. The van der Waals surface area contributed by atoms with Crippen molar-refractivity contribution in [1.29, 1.82) is 0 Å². The first-order valence-corrected chi connectivity index (χ1v) is 17.1. The fraction of sp³-hybridized carbons (Fsp3) is 0.686. The molecule has 0 bridgehead atoms. The highest BCUT2D eigenvalue weighted by molar-refractivity contribution is 6.02. The monoisotopic (exact) mass is 656 g/mol. The van der Waals surface area contributed by atoms with Crippen LogP contribution in [0.2, 0.25) is 0 Å². The van der Waals surface area contributed by atoms with Gasteiger partial charge in [0.2, 0.25) is 12.1 Å². The summed E-state index contributed by atoms with van der Waals surface area (Å²) in [6, 6.07) is 4.25. The number of rotatable bonds is 15. The third kappa shape index (κ3) is 7.36. The Morgan fingerprint density at radius 3 is 2.43 bits per heavy atom. The SMILES string of the molecule is CCOC(OCC)c1cnnn1C1CC(=NOC(C)(C)C)C2=CC(CCCCO)C(CCCCO)C3c4cc(O)ccc4OC1(O)C23. The van der Waals surface area contributed by atoms with Gasteiger partial charge in [-0.3, -0.25) is 0 Å². The van der Waals surface area contributed by atoms with E-state index in [0.717, 1.165) is 36.8 Å². The van der Waals surface area contributed by atoms with E-state index < -0.39 is 29.6 Å². The third-order valence-electron chi connectivity index (χ3n) is 9.46. The normalized spacial score (nSPS) is 27.7. The Bertz CT molecular complexity index is 1400. The number of ether oxygens (including phenoxy) is 3. The summed E-state index contributed by atoms with van der Waals surface area (Å²) in [6.45, 7) is 10.6. The molecule has 5 rings (SSSR count). The molecule has 12 nitrogen and oxygen atoms in total. The Morgan fingerprint density at radius 2 is 1.77 bits per heavy atom. The minimum absolute atomic E-state index is 0.0447. The molecule has 1 aliphatic heterocycles. The zero-order valence-electron chi connectivity index (χ0n) is 28.3. The van der Waals surface area contributed by atoms with Gasteiger partial charge in [-0.15, -0.1) is 5.10 Å². The van der Waals surface area contributed by atoms with Gasteiger partial charge >= 0.3 is 0 Å². The lowest BCUT2D eigenvalue weighted by atomic mass is 9.55. The summed E-state index contributed by atoms with van der Waals surface area (Å²) >= 11 is 0. The van der Waals surface area contributed by atoms with Gasteiger partial charge in [-0.2, -0.15) is 0 Å². The van der Waals surface area contributed by atoms with Crippen LogP contribution in [0.5, 0.6) is 11.5 Å². The number of aliphatic hydroxyl groups excluding tert-OH is 2. The second-order valence-corrected chi connectivity index (χ2v) is 13.8. The van der Waals surface area contributed by atoms with Crippen LogP contribution < -0.4 is 4.74 Å². The van der Waals surface area contributed by atoms with Gasteiger partial charge in [0.1, 0.15) is 28.8 Å². The number of nitrogens with zero attached hydrogens (tertiary/aromatic N) is 4. The molecule has 0 spiro atoms. The Morgan fingerprint density at radius 1 is 1.06 bits per heavy atom. The number of aromatic hydroxyl groups is 1. The number of phenols is 1. The lowest BCUT2D eigenvalue weighted by Gasteiger charge is -2.57. The van der Waals surface area contributed by atoms with Crippen molar-refractivity contribution in [3.8, 4) is 11.5 Å². The van der Waals surface area contributed by atoms with Crippen molar-refractivity contribution in [2.45, 2.75) is 109 Å². The molecule has 0 saturated heterocycles. The number of aliphatic hydroxyl groups is 3. The predicted octanol–water partition coefficient (Wildman–Crippen LogP) is 5.15. The van der Waals surface area contributed by atoms with Gasteiger partial charge in [0, 0.05) is 44.3 Å². The molecule has 1 saturated carbocycles. The first-order valence-electron chi connectivity index (χ1n) is 17.1. The third-order valence-corrected chi connectivity index (χ3v) is 9.46. The summed E-state index contributed by atoms with van der Waals surface area (Å²) in [4.78, 5) is 6.05. The van der Waals surface area contributed by atoms with Crippen molar-refractivity contribution in [3.63, 3.8) is 0 Å². The molecule has 47 heavy (non-hydrogen) atoms. The van der Waals surface area contributed by atoms with Gasteiger partial charge in [0.15, 0.2) is 0 Å². The van der Waals surface area contributed by atoms with Gasteiger partial charge in [-0.05, 0) is 95.9 Å². The molecule has 260 valence electrons. The van der Waals surface area contributed by atoms with Crippen molar-refractivity contribution in [3.05, 3.63) is 47.3 Å². The fourth-order valence-electron chi connectivity index (χ4n) is 7.58. The van der Waals surface area contributed by atoms with Crippen molar-refractivity contribution < 1.29 is 39.5 Å². The van der Waals surface area contributed by atoms with Crippen molar-refractivity contribution in [1.82, 2.24) is 15.0 Å². The van der Waals surface area contributed by atoms with E-state index >= 15 is 0 Å². The van der Waals surface area contributed by atoms with E-state index in [1.807, 2.05) is 34.6 Å². The lowest BCUT2D eigenvalue weighted by molar-refractivity contribution is -0.227.